The molecule has 1 unspecified atom stereocenters. The first-order valence-electron chi connectivity index (χ1n) is 4.55. The first-order valence-corrected chi connectivity index (χ1v) is 4.55. The molecule has 1 aliphatic heterocycles. The zero-order valence-electron chi connectivity index (χ0n) is 7.95. The molecule has 1 rings (SSSR count). The number of esters is 1. The lowest BCUT2D eigenvalue weighted by molar-refractivity contribution is -0.141. The molecule has 0 aliphatic carbocycles. The van der Waals surface area contributed by atoms with Crippen LogP contribution in [0.25, 0.3) is 0 Å². The third-order valence-corrected chi connectivity index (χ3v) is 2.06. The summed E-state index contributed by atoms with van der Waals surface area (Å²) in [6.45, 7) is 2.77. The zero-order valence-corrected chi connectivity index (χ0v) is 7.95. The maximum absolute atomic E-state index is 10.7. The second-order valence-corrected chi connectivity index (χ2v) is 3.13. The van der Waals surface area contributed by atoms with Crippen molar-refractivity contribution in [1.82, 2.24) is 0 Å². The lowest BCUT2D eigenvalue weighted by Gasteiger charge is -2.07. The molecule has 0 aromatic carbocycles. The quantitative estimate of drug-likeness (QED) is 0.468. The average Bonchev–Trinajstić information content (AvgIpc) is 2.64. The molecule has 0 spiro atoms. The average molecular weight is 188 g/mol. The van der Waals surface area contributed by atoms with Crippen molar-refractivity contribution in [3.63, 3.8) is 0 Å². The second-order valence-electron chi connectivity index (χ2n) is 3.13. The van der Waals surface area contributed by atoms with Crippen LogP contribution in [0.5, 0.6) is 0 Å². The van der Waals surface area contributed by atoms with Crippen LogP contribution in [0.1, 0.15) is 12.8 Å². The van der Waals surface area contributed by atoms with Crippen LogP contribution in [-0.4, -0.2) is 39.5 Å². The van der Waals surface area contributed by atoms with Gasteiger partial charge in [-0.05, 0) is 6.42 Å². The van der Waals surface area contributed by atoms with Crippen LogP contribution in [0.4, 0.5) is 0 Å². The molecule has 76 valence electrons. The summed E-state index contributed by atoms with van der Waals surface area (Å²) in [5.74, 6) is 0.292. The molecule has 0 saturated carbocycles. The van der Waals surface area contributed by atoms with E-state index in [9.17, 15) is 4.79 Å². The van der Waals surface area contributed by atoms with Gasteiger partial charge in [0.05, 0.1) is 33.4 Å². The predicted molar refractivity (Wildman–Crippen MR) is 46.4 cm³/mol. The van der Waals surface area contributed by atoms with Gasteiger partial charge in [0.2, 0.25) is 0 Å². The maximum atomic E-state index is 10.7. The number of carbonyl (C=O) groups excluding carboxylic acids is 1. The summed E-state index contributed by atoms with van der Waals surface area (Å²) in [5, 5.41) is 0. The van der Waals surface area contributed by atoms with E-state index in [0.717, 1.165) is 19.6 Å². The molecule has 0 radical (unpaired) electrons. The lowest BCUT2D eigenvalue weighted by atomic mass is 10.1. The number of rotatable bonds is 5. The molecule has 0 N–H and O–H groups in total. The molecule has 13 heavy (non-hydrogen) atoms. The van der Waals surface area contributed by atoms with Gasteiger partial charge in [-0.1, -0.05) is 0 Å². The fourth-order valence-electron chi connectivity index (χ4n) is 1.22. The Labute approximate surface area is 78.2 Å². The Hall–Kier alpha value is -0.610. The van der Waals surface area contributed by atoms with Crippen molar-refractivity contribution in [2.75, 3.05) is 33.5 Å². The van der Waals surface area contributed by atoms with Crippen molar-refractivity contribution in [3.8, 4) is 0 Å². The van der Waals surface area contributed by atoms with E-state index in [0.29, 0.717) is 25.6 Å². The molecular formula is C9H16O4. The second kappa shape index (κ2) is 5.94. The van der Waals surface area contributed by atoms with E-state index in [4.69, 9.17) is 9.47 Å². The fourth-order valence-corrected chi connectivity index (χ4v) is 1.22. The Morgan fingerprint density at radius 1 is 1.62 bits per heavy atom. The SMILES string of the molecule is COC(=O)CCOCC1CCOC1. The van der Waals surface area contributed by atoms with Gasteiger partial charge >= 0.3 is 5.97 Å². The largest absolute Gasteiger partial charge is 0.469 e. The van der Waals surface area contributed by atoms with Crippen LogP contribution in [0.2, 0.25) is 0 Å². The molecule has 1 fully saturated rings. The van der Waals surface area contributed by atoms with Crippen molar-refractivity contribution in [3.05, 3.63) is 0 Å². The summed E-state index contributed by atoms with van der Waals surface area (Å²) in [5.41, 5.74) is 0. The molecule has 1 saturated heterocycles. The Morgan fingerprint density at radius 2 is 2.46 bits per heavy atom. The fraction of sp³-hybridized carbons (Fsp3) is 0.889. The number of ether oxygens (including phenoxy) is 3. The van der Waals surface area contributed by atoms with E-state index >= 15 is 0 Å². The van der Waals surface area contributed by atoms with Gasteiger partial charge in [0.15, 0.2) is 0 Å². The lowest BCUT2D eigenvalue weighted by Crippen LogP contribution is -2.12. The summed E-state index contributed by atoms with van der Waals surface area (Å²) >= 11 is 0. The molecule has 0 aromatic heterocycles. The van der Waals surface area contributed by atoms with E-state index in [1.807, 2.05) is 0 Å². The van der Waals surface area contributed by atoms with Gasteiger partial charge in [0.25, 0.3) is 0 Å². The molecule has 1 heterocycles. The maximum Gasteiger partial charge on any atom is 0.307 e. The van der Waals surface area contributed by atoms with Gasteiger partial charge in [-0.15, -0.1) is 0 Å². The van der Waals surface area contributed by atoms with Crippen molar-refractivity contribution < 1.29 is 19.0 Å². The first kappa shape index (κ1) is 10.5. The molecule has 0 amide bonds. The van der Waals surface area contributed by atoms with Gasteiger partial charge in [-0.3, -0.25) is 4.79 Å². The van der Waals surface area contributed by atoms with Crippen LogP contribution in [0.15, 0.2) is 0 Å². The summed E-state index contributed by atoms with van der Waals surface area (Å²) in [6.07, 6.45) is 1.41. The standard InChI is InChI=1S/C9H16O4/c1-11-9(10)3-5-13-7-8-2-4-12-6-8/h8H,2-7H2,1H3. The number of carbonyl (C=O) groups is 1. The summed E-state index contributed by atoms with van der Waals surface area (Å²) < 4.78 is 15.0. The topological polar surface area (TPSA) is 44.8 Å². The van der Waals surface area contributed by atoms with Crippen LogP contribution < -0.4 is 0 Å². The summed E-state index contributed by atoms with van der Waals surface area (Å²) in [6, 6.07) is 0. The number of methoxy groups -OCH3 is 1. The van der Waals surface area contributed by atoms with Gasteiger partial charge < -0.3 is 14.2 Å². The van der Waals surface area contributed by atoms with E-state index in [1.54, 1.807) is 0 Å². The minimum absolute atomic E-state index is 0.220. The highest BCUT2D eigenvalue weighted by Crippen LogP contribution is 2.12. The van der Waals surface area contributed by atoms with Gasteiger partial charge in [0, 0.05) is 12.5 Å². The Bertz CT molecular complexity index is 152. The third kappa shape index (κ3) is 4.24. The van der Waals surface area contributed by atoms with E-state index < -0.39 is 0 Å². The molecule has 0 bridgehead atoms. The highest BCUT2D eigenvalue weighted by Gasteiger charge is 2.15. The summed E-state index contributed by atoms with van der Waals surface area (Å²) in [7, 11) is 1.38. The Balaban J connectivity index is 1.91. The molecule has 4 heteroatoms. The van der Waals surface area contributed by atoms with E-state index in [1.165, 1.54) is 7.11 Å². The van der Waals surface area contributed by atoms with Crippen LogP contribution >= 0.6 is 0 Å². The molecule has 1 atom stereocenters. The van der Waals surface area contributed by atoms with E-state index in [2.05, 4.69) is 4.74 Å². The van der Waals surface area contributed by atoms with Gasteiger partial charge in [0.1, 0.15) is 0 Å². The number of hydrogen-bond acceptors (Lipinski definition) is 4. The Kier molecular flexibility index (Phi) is 4.78. The first-order chi connectivity index (χ1) is 6.33. The summed E-state index contributed by atoms with van der Waals surface area (Å²) in [4.78, 5) is 10.7. The van der Waals surface area contributed by atoms with Crippen molar-refractivity contribution in [1.29, 1.82) is 0 Å². The van der Waals surface area contributed by atoms with Crippen molar-refractivity contribution in [2.45, 2.75) is 12.8 Å². The molecule has 0 aromatic rings. The highest BCUT2D eigenvalue weighted by atomic mass is 16.5. The van der Waals surface area contributed by atoms with Gasteiger partial charge in [-0.2, -0.15) is 0 Å². The molecular weight excluding hydrogens is 172 g/mol. The number of hydrogen-bond donors (Lipinski definition) is 0. The van der Waals surface area contributed by atoms with Crippen LogP contribution in [0.3, 0.4) is 0 Å². The van der Waals surface area contributed by atoms with Crippen molar-refractivity contribution >= 4 is 5.97 Å². The Morgan fingerprint density at radius 3 is 3.08 bits per heavy atom. The van der Waals surface area contributed by atoms with Crippen LogP contribution in [-0.2, 0) is 19.0 Å². The third-order valence-electron chi connectivity index (χ3n) is 2.06. The van der Waals surface area contributed by atoms with Crippen molar-refractivity contribution in [2.24, 2.45) is 5.92 Å². The van der Waals surface area contributed by atoms with E-state index in [-0.39, 0.29) is 5.97 Å². The minimum atomic E-state index is -0.220. The predicted octanol–water partition coefficient (Wildman–Crippen LogP) is 0.603. The normalized spacial score (nSPS) is 21.8. The minimum Gasteiger partial charge on any atom is -0.469 e. The molecule has 4 nitrogen and oxygen atoms in total. The smallest absolute Gasteiger partial charge is 0.307 e. The van der Waals surface area contributed by atoms with Gasteiger partial charge in [-0.25, -0.2) is 0 Å². The zero-order chi connectivity index (χ0) is 9.52. The molecule has 1 aliphatic rings. The monoisotopic (exact) mass is 188 g/mol. The highest BCUT2D eigenvalue weighted by molar-refractivity contribution is 5.69. The van der Waals surface area contributed by atoms with Crippen LogP contribution in [0, 0.1) is 5.92 Å².